The maximum atomic E-state index is 13.1. The Morgan fingerprint density at radius 2 is 1.79 bits per heavy atom. The number of nitrogens with zero attached hydrogens (tertiary/aromatic N) is 3. The van der Waals surface area contributed by atoms with Crippen molar-refractivity contribution >= 4 is 46.7 Å². The predicted molar refractivity (Wildman–Crippen MR) is 105 cm³/mol. The molecular formula is C18H24ClN3OS. The van der Waals surface area contributed by atoms with Crippen molar-refractivity contribution in [1.29, 1.82) is 0 Å². The zero-order valence-electron chi connectivity index (χ0n) is 14.5. The molecule has 1 aromatic heterocycles. The van der Waals surface area contributed by atoms with E-state index in [1.54, 1.807) is 11.3 Å². The van der Waals surface area contributed by atoms with Gasteiger partial charge < -0.3 is 14.7 Å². The summed E-state index contributed by atoms with van der Waals surface area (Å²) in [7, 11) is 6.17. The van der Waals surface area contributed by atoms with Crippen LogP contribution in [0.25, 0.3) is 0 Å². The molecule has 130 valence electrons. The van der Waals surface area contributed by atoms with E-state index in [0.717, 1.165) is 35.7 Å². The Hall–Kier alpha value is -1.56. The third-order valence-electron chi connectivity index (χ3n) is 4.18. The second kappa shape index (κ2) is 7.55. The summed E-state index contributed by atoms with van der Waals surface area (Å²) in [6.07, 6.45) is 0. The van der Waals surface area contributed by atoms with E-state index in [4.69, 9.17) is 0 Å². The fraction of sp³-hybridized carbons (Fsp3) is 0.389. The fourth-order valence-corrected chi connectivity index (χ4v) is 4.08. The Kier molecular flexibility index (Phi) is 5.91. The number of thiophene rings is 1. The molecule has 1 atom stereocenters. The standard InChI is InChI=1S/C18H23N3OS.ClH/c1-13(9-19(2)3)10-21-16-8-6-5-7-15(16)20(4)17-12-23-11-14(17)18(21)22;/h5-8,11-13H,9-10H2,1-4H3;1H. The maximum absolute atomic E-state index is 13.1. The first kappa shape index (κ1) is 18.8. The van der Waals surface area contributed by atoms with Crippen LogP contribution in [0.2, 0.25) is 0 Å². The van der Waals surface area contributed by atoms with Gasteiger partial charge in [-0.05, 0) is 32.1 Å². The zero-order valence-corrected chi connectivity index (χ0v) is 16.2. The van der Waals surface area contributed by atoms with E-state index >= 15 is 0 Å². The average Bonchev–Trinajstić information content (AvgIpc) is 2.97. The summed E-state index contributed by atoms with van der Waals surface area (Å²) < 4.78 is 0. The molecule has 0 fully saturated rings. The number of hydrogen-bond acceptors (Lipinski definition) is 4. The van der Waals surface area contributed by atoms with Gasteiger partial charge in [0.25, 0.3) is 5.91 Å². The molecule has 1 amide bonds. The van der Waals surface area contributed by atoms with Gasteiger partial charge in [-0.25, -0.2) is 0 Å². The van der Waals surface area contributed by atoms with Crippen LogP contribution in [0.5, 0.6) is 0 Å². The predicted octanol–water partition coefficient (Wildman–Crippen LogP) is 4.10. The van der Waals surface area contributed by atoms with E-state index in [0.29, 0.717) is 5.92 Å². The fourth-order valence-electron chi connectivity index (χ4n) is 3.24. The Bertz CT molecular complexity index is 716. The van der Waals surface area contributed by atoms with Crippen molar-refractivity contribution in [2.45, 2.75) is 6.92 Å². The summed E-state index contributed by atoms with van der Waals surface area (Å²) in [5.74, 6) is 0.496. The van der Waals surface area contributed by atoms with Crippen LogP contribution in [0.3, 0.4) is 0 Å². The Labute approximate surface area is 154 Å². The second-order valence-electron chi connectivity index (χ2n) is 6.50. The summed E-state index contributed by atoms with van der Waals surface area (Å²) in [6, 6.07) is 8.15. The number of benzene rings is 1. The molecule has 1 aliphatic heterocycles. The summed E-state index contributed by atoms with van der Waals surface area (Å²) in [4.78, 5) is 19.4. The highest BCUT2D eigenvalue weighted by atomic mass is 35.5. The van der Waals surface area contributed by atoms with Gasteiger partial charge >= 0.3 is 0 Å². The minimum Gasteiger partial charge on any atom is -0.342 e. The van der Waals surface area contributed by atoms with Crippen LogP contribution in [-0.2, 0) is 0 Å². The van der Waals surface area contributed by atoms with E-state index in [-0.39, 0.29) is 18.3 Å². The number of fused-ring (bicyclic) bond motifs is 2. The van der Waals surface area contributed by atoms with Crippen LogP contribution in [0.1, 0.15) is 17.3 Å². The van der Waals surface area contributed by atoms with Crippen molar-refractivity contribution in [2.75, 3.05) is 44.0 Å². The van der Waals surface area contributed by atoms with Crippen molar-refractivity contribution in [2.24, 2.45) is 5.92 Å². The Balaban J connectivity index is 0.00000208. The van der Waals surface area contributed by atoms with Crippen molar-refractivity contribution in [3.05, 3.63) is 40.6 Å². The molecule has 1 aromatic carbocycles. The van der Waals surface area contributed by atoms with Crippen LogP contribution in [0, 0.1) is 5.92 Å². The van der Waals surface area contributed by atoms with Gasteiger partial charge in [0.05, 0.1) is 22.6 Å². The molecule has 24 heavy (non-hydrogen) atoms. The lowest BCUT2D eigenvalue weighted by Crippen LogP contribution is -2.37. The number of anilines is 3. The van der Waals surface area contributed by atoms with Gasteiger partial charge in [-0.1, -0.05) is 19.1 Å². The largest absolute Gasteiger partial charge is 0.342 e. The maximum Gasteiger partial charge on any atom is 0.261 e. The van der Waals surface area contributed by atoms with Crippen LogP contribution in [0.4, 0.5) is 17.1 Å². The van der Waals surface area contributed by atoms with Gasteiger partial charge in [-0.3, -0.25) is 4.79 Å². The van der Waals surface area contributed by atoms with Gasteiger partial charge in [0.1, 0.15) is 0 Å². The average molecular weight is 366 g/mol. The number of para-hydroxylation sites is 2. The number of carbonyl (C=O) groups is 1. The zero-order chi connectivity index (χ0) is 16.6. The molecule has 0 saturated carbocycles. The minimum atomic E-state index is 0. The number of carbonyl (C=O) groups excluding carboxylic acids is 1. The Morgan fingerprint density at radius 1 is 1.12 bits per heavy atom. The third kappa shape index (κ3) is 3.43. The van der Waals surface area contributed by atoms with Crippen LogP contribution in [-0.4, -0.2) is 45.0 Å². The number of halogens is 1. The van der Waals surface area contributed by atoms with Crippen LogP contribution >= 0.6 is 23.7 Å². The molecule has 1 unspecified atom stereocenters. The van der Waals surface area contributed by atoms with Gasteiger partial charge in [0.2, 0.25) is 0 Å². The van der Waals surface area contributed by atoms with Crippen molar-refractivity contribution in [3.8, 4) is 0 Å². The van der Waals surface area contributed by atoms with Crippen LogP contribution < -0.4 is 9.80 Å². The van der Waals surface area contributed by atoms with E-state index < -0.39 is 0 Å². The van der Waals surface area contributed by atoms with E-state index in [2.05, 4.69) is 42.3 Å². The van der Waals surface area contributed by atoms with Gasteiger partial charge in [0, 0.05) is 30.9 Å². The first-order valence-corrected chi connectivity index (χ1v) is 8.79. The SMILES string of the molecule is CC(CN(C)C)CN1C(=O)c2cscc2N(C)c2ccccc21.Cl. The van der Waals surface area contributed by atoms with E-state index in [1.165, 1.54) is 0 Å². The third-order valence-corrected chi connectivity index (χ3v) is 4.91. The first-order valence-electron chi connectivity index (χ1n) is 7.84. The number of rotatable bonds is 4. The molecule has 2 aromatic rings. The molecular weight excluding hydrogens is 342 g/mol. The summed E-state index contributed by atoms with van der Waals surface area (Å²) in [6.45, 7) is 3.87. The Morgan fingerprint density at radius 3 is 2.46 bits per heavy atom. The molecule has 1 aliphatic rings. The monoisotopic (exact) mass is 365 g/mol. The molecule has 0 N–H and O–H groups in total. The lowest BCUT2D eigenvalue weighted by Gasteiger charge is -2.28. The molecule has 0 saturated heterocycles. The molecule has 2 heterocycles. The van der Waals surface area contributed by atoms with Gasteiger partial charge in [-0.15, -0.1) is 23.7 Å². The first-order chi connectivity index (χ1) is 11.0. The van der Waals surface area contributed by atoms with E-state index in [9.17, 15) is 4.79 Å². The second-order valence-corrected chi connectivity index (χ2v) is 7.25. The normalized spacial score (nSPS) is 14.8. The molecule has 0 aliphatic carbocycles. The summed E-state index contributed by atoms with van der Waals surface area (Å²) in [5, 5.41) is 4.01. The quantitative estimate of drug-likeness (QED) is 0.816. The van der Waals surface area contributed by atoms with Crippen molar-refractivity contribution in [3.63, 3.8) is 0 Å². The molecule has 0 radical (unpaired) electrons. The van der Waals surface area contributed by atoms with Crippen LogP contribution in [0.15, 0.2) is 35.0 Å². The lowest BCUT2D eigenvalue weighted by atomic mass is 10.1. The molecule has 6 heteroatoms. The highest BCUT2D eigenvalue weighted by Crippen LogP contribution is 2.41. The lowest BCUT2D eigenvalue weighted by molar-refractivity contribution is 0.0983. The molecule has 0 bridgehead atoms. The topological polar surface area (TPSA) is 26.8 Å². The van der Waals surface area contributed by atoms with Crippen molar-refractivity contribution < 1.29 is 4.79 Å². The summed E-state index contributed by atoms with van der Waals surface area (Å²) >= 11 is 1.58. The minimum absolute atomic E-state index is 0. The smallest absolute Gasteiger partial charge is 0.261 e. The highest BCUT2D eigenvalue weighted by Gasteiger charge is 2.30. The van der Waals surface area contributed by atoms with Gasteiger partial charge in [-0.2, -0.15) is 0 Å². The molecule has 4 nitrogen and oxygen atoms in total. The highest BCUT2D eigenvalue weighted by molar-refractivity contribution is 7.08. The van der Waals surface area contributed by atoms with E-state index in [1.807, 2.05) is 35.5 Å². The molecule has 0 spiro atoms. The van der Waals surface area contributed by atoms with Gasteiger partial charge in [0.15, 0.2) is 0 Å². The number of hydrogen-bond donors (Lipinski definition) is 0. The summed E-state index contributed by atoms with van der Waals surface area (Å²) in [5.41, 5.74) is 3.86. The van der Waals surface area contributed by atoms with Crippen molar-refractivity contribution in [1.82, 2.24) is 4.90 Å². The molecule has 3 rings (SSSR count). The number of amides is 1.